The Labute approximate surface area is 77.7 Å². The zero-order valence-corrected chi connectivity index (χ0v) is 7.27. The van der Waals surface area contributed by atoms with Crippen LogP contribution in [0.5, 0.6) is 0 Å². The highest BCUT2D eigenvalue weighted by molar-refractivity contribution is 6.58. The number of allylic oxidation sites excluding steroid dienone is 1. The Morgan fingerprint density at radius 3 is 2.85 bits per heavy atom. The summed E-state index contributed by atoms with van der Waals surface area (Å²) in [6.45, 7) is 0. The summed E-state index contributed by atoms with van der Waals surface area (Å²) in [4.78, 5) is 0. The SMILES string of the molecule is OB(O)c1ccc2c(c1)C=CCC2. The van der Waals surface area contributed by atoms with Crippen LogP contribution >= 0.6 is 0 Å². The molecule has 0 aliphatic heterocycles. The smallest absolute Gasteiger partial charge is 0.423 e. The van der Waals surface area contributed by atoms with Gasteiger partial charge in [0.25, 0.3) is 0 Å². The molecule has 0 radical (unpaired) electrons. The van der Waals surface area contributed by atoms with Crippen LogP contribution in [-0.2, 0) is 6.42 Å². The zero-order valence-electron chi connectivity index (χ0n) is 7.27. The number of aryl methyl sites for hydroxylation is 1. The van der Waals surface area contributed by atoms with Gasteiger partial charge in [0.2, 0.25) is 0 Å². The minimum atomic E-state index is -1.36. The predicted molar refractivity (Wildman–Crippen MR) is 53.6 cm³/mol. The van der Waals surface area contributed by atoms with Gasteiger partial charge in [-0.1, -0.05) is 30.4 Å². The van der Waals surface area contributed by atoms with Crippen LogP contribution in [0, 0.1) is 0 Å². The van der Waals surface area contributed by atoms with E-state index in [1.165, 1.54) is 5.56 Å². The van der Waals surface area contributed by atoms with E-state index in [-0.39, 0.29) is 0 Å². The van der Waals surface area contributed by atoms with E-state index in [9.17, 15) is 0 Å². The maximum atomic E-state index is 8.96. The molecule has 0 saturated carbocycles. The van der Waals surface area contributed by atoms with Crippen molar-refractivity contribution in [3.63, 3.8) is 0 Å². The maximum absolute atomic E-state index is 8.96. The van der Waals surface area contributed by atoms with Crippen molar-refractivity contribution in [1.29, 1.82) is 0 Å². The van der Waals surface area contributed by atoms with Crippen LogP contribution in [0.25, 0.3) is 6.08 Å². The summed E-state index contributed by atoms with van der Waals surface area (Å²) < 4.78 is 0. The third kappa shape index (κ3) is 1.66. The molecule has 0 heterocycles. The lowest BCUT2D eigenvalue weighted by Crippen LogP contribution is -2.30. The van der Waals surface area contributed by atoms with Crippen molar-refractivity contribution in [2.24, 2.45) is 0 Å². The summed E-state index contributed by atoms with van der Waals surface area (Å²) in [7, 11) is -1.36. The average molecular weight is 174 g/mol. The summed E-state index contributed by atoms with van der Waals surface area (Å²) in [6.07, 6.45) is 6.27. The minimum absolute atomic E-state index is 0.560. The van der Waals surface area contributed by atoms with Crippen molar-refractivity contribution in [3.05, 3.63) is 35.4 Å². The van der Waals surface area contributed by atoms with Gasteiger partial charge in [0.1, 0.15) is 0 Å². The first-order valence-electron chi connectivity index (χ1n) is 4.43. The van der Waals surface area contributed by atoms with E-state index >= 15 is 0 Å². The van der Waals surface area contributed by atoms with E-state index in [0.717, 1.165) is 18.4 Å². The van der Waals surface area contributed by atoms with Crippen molar-refractivity contribution in [2.45, 2.75) is 12.8 Å². The Balaban J connectivity index is 2.43. The Hall–Kier alpha value is -1.06. The number of fused-ring (bicyclic) bond motifs is 1. The molecule has 0 saturated heterocycles. The quantitative estimate of drug-likeness (QED) is 0.602. The van der Waals surface area contributed by atoms with Gasteiger partial charge in [-0.2, -0.15) is 0 Å². The van der Waals surface area contributed by atoms with Gasteiger partial charge >= 0.3 is 7.12 Å². The second kappa shape index (κ2) is 3.36. The van der Waals surface area contributed by atoms with Crippen molar-refractivity contribution < 1.29 is 10.0 Å². The third-order valence-electron chi connectivity index (χ3n) is 2.35. The van der Waals surface area contributed by atoms with Crippen LogP contribution in [0.3, 0.4) is 0 Å². The van der Waals surface area contributed by atoms with Crippen molar-refractivity contribution in [3.8, 4) is 0 Å². The van der Waals surface area contributed by atoms with Gasteiger partial charge in [-0.3, -0.25) is 0 Å². The standard InChI is InChI=1S/C10H11BO2/c12-11(13)10-6-5-8-3-1-2-4-9(8)7-10/h2,4-7,12-13H,1,3H2. The lowest BCUT2D eigenvalue weighted by Gasteiger charge is -2.11. The molecule has 2 N–H and O–H groups in total. The van der Waals surface area contributed by atoms with E-state index in [0.29, 0.717) is 5.46 Å². The van der Waals surface area contributed by atoms with Gasteiger partial charge in [-0.15, -0.1) is 0 Å². The molecule has 0 spiro atoms. The second-order valence-corrected chi connectivity index (χ2v) is 3.27. The van der Waals surface area contributed by atoms with Crippen LogP contribution in [0.15, 0.2) is 24.3 Å². The summed E-state index contributed by atoms with van der Waals surface area (Å²) in [5.74, 6) is 0. The molecule has 0 amide bonds. The van der Waals surface area contributed by atoms with Crippen molar-refractivity contribution in [2.75, 3.05) is 0 Å². The molecule has 0 atom stereocenters. The summed E-state index contributed by atoms with van der Waals surface area (Å²) in [6, 6.07) is 5.56. The van der Waals surface area contributed by atoms with E-state index in [1.807, 2.05) is 18.2 Å². The summed E-state index contributed by atoms with van der Waals surface area (Å²) in [5, 5.41) is 17.9. The molecule has 0 fully saturated rings. The van der Waals surface area contributed by atoms with Crippen LogP contribution < -0.4 is 5.46 Å². The van der Waals surface area contributed by atoms with Crippen LogP contribution in [0.4, 0.5) is 0 Å². The molecule has 66 valence electrons. The number of hydrogen-bond acceptors (Lipinski definition) is 2. The van der Waals surface area contributed by atoms with Gasteiger partial charge < -0.3 is 10.0 Å². The molecular weight excluding hydrogens is 163 g/mol. The minimum Gasteiger partial charge on any atom is -0.423 e. The summed E-state index contributed by atoms with van der Waals surface area (Å²) in [5.41, 5.74) is 2.95. The Bertz CT molecular complexity index is 345. The van der Waals surface area contributed by atoms with Crippen LogP contribution in [-0.4, -0.2) is 17.2 Å². The number of benzene rings is 1. The fraction of sp³-hybridized carbons (Fsp3) is 0.200. The molecule has 2 rings (SSSR count). The Morgan fingerprint density at radius 2 is 2.08 bits per heavy atom. The molecule has 1 aromatic carbocycles. The van der Waals surface area contributed by atoms with Gasteiger partial charge in [-0.05, 0) is 29.4 Å². The maximum Gasteiger partial charge on any atom is 0.488 e. The lowest BCUT2D eigenvalue weighted by molar-refractivity contribution is 0.426. The Kier molecular flexibility index (Phi) is 2.21. The molecule has 3 heteroatoms. The second-order valence-electron chi connectivity index (χ2n) is 3.27. The van der Waals surface area contributed by atoms with Crippen molar-refractivity contribution >= 4 is 18.7 Å². The van der Waals surface area contributed by atoms with Crippen LogP contribution in [0.2, 0.25) is 0 Å². The molecule has 1 aromatic rings. The van der Waals surface area contributed by atoms with E-state index in [1.54, 1.807) is 6.07 Å². The first-order valence-corrected chi connectivity index (χ1v) is 4.43. The van der Waals surface area contributed by atoms with Crippen LogP contribution in [0.1, 0.15) is 17.5 Å². The molecule has 1 aliphatic rings. The third-order valence-corrected chi connectivity index (χ3v) is 2.35. The largest absolute Gasteiger partial charge is 0.488 e. The molecule has 0 unspecified atom stereocenters. The molecule has 0 aromatic heterocycles. The fourth-order valence-electron chi connectivity index (χ4n) is 1.61. The number of hydrogen-bond donors (Lipinski definition) is 2. The highest BCUT2D eigenvalue weighted by Gasteiger charge is 2.13. The highest BCUT2D eigenvalue weighted by Crippen LogP contribution is 2.17. The van der Waals surface area contributed by atoms with Gasteiger partial charge in [0.15, 0.2) is 0 Å². The molecule has 13 heavy (non-hydrogen) atoms. The van der Waals surface area contributed by atoms with Gasteiger partial charge in [0.05, 0.1) is 0 Å². The summed E-state index contributed by atoms with van der Waals surface area (Å²) >= 11 is 0. The number of rotatable bonds is 1. The zero-order chi connectivity index (χ0) is 9.26. The topological polar surface area (TPSA) is 40.5 Å². The first-order chi connectivity index (χ1) is 6.27. The molecular formula is C10H11BO2. The lowest BCUT2D eigenvalue weighted by atomic mass is 9.78. The van der Waals surface area contributed by atoms with E-state index in [4.69, 9.17) is 10.0 Å². The predicted octanol–water partition coefficient (Wildman–Crippen LogP) is 0.326. The van der Waals surface area contributed by atoms with E-state index < -0.39 is 7.12 Å². The van der Waals surface area contributed by atoms with Gasteiger partial charge in [0, 0.05) is 0 Å². The fourth-order valence-corrected chi connectivity index (χ4v) is 1.61. The monoisotopic (exact) mass is 174 g/mol. The average Bonchev–Trinajstić information content (AvgIpc) is 2.17. The normalized spacial score (nSPS) is 14.0. The Morgan fingerprint density at radius 1 is 1.23 bits per heavy atom. The molecule has 2 nitrogen and oxygen atoms in total. The van der Waals surface area contributed by atoms with Crippen molar-refractivity contribution in [1.82, 2.24) is 0 Å². The first kappa shape index (κ1) is 8.54. The molecule has 1 aliphatic carbocycles. The highest BCUT2D eigenvalue weighted by atomic mass is 16.4. The van der Waals surface area contributed by atoms with Gasteiger partial charge in [-0.25, -0.2) is 0 Å². The van der Waals surface area contributed by atoms with E-state index in [2.05, 4.69) is 6.08 Å². The molecule has 0 bridgehead atoms.